The molecule has 0 bridgehead atoms. The lowest BCUT2D eigenvalue weighted by Gasteiger charge is -2.25. The van der Waals surface area contributed by atoms with Crippen LogP contribution in [0.1, 0.15) is 61.4 Å². The maximum absolute atomic E-state index is 12.9. The van der Waals surface area contributed by atoms with Crippen molar-refractivity contribution in [3.8, 4) is 0 Å². The zero-order chi connectivity index (χ0) is 25.1. The summed E-state index contributed by atoms with van der Waals surface area (Å²) in [6, 6.07) is 9.74. The van der Waals surface area contributed by atoms with Crippen molar-refractivity contribution in [1.29, 1.82) is 0 Å². The molecule has 0 spiro atoms. The maximum atomic E-state index is 12.9. The molecule has 10 nitrogen and oxygen atoms in total. The molecule has 1 aliphatic carbocycles. The first kappa shape index (κ1) is 25.3. The number of carbonyl (C=O) groups excluding carboxylic acids is 2. The van der Waals surface area contributed by atoms with Gasteiger partial charge >= 0.3 is 13.0 Å². The van der Waals surface area contributed by atoms with E-state index in [1.807, 2.05) is 32.0 Å². The number of carbonyl (C=O) groups is 2. The standard InChI is InChI=1S/C24H34BN5O5/c1-4-14(2)20(28-25(3)33)24(32)34-12-19-17-10-16(15-8-6-5-7-9-15)11-18(17)23(35-19)30-13-27-22(29-30)21(26)31/h5-9,13-14,16-20,23,28,33H,4,10-12H2,1-3H3,(H2,26,31)/t14-,16?,17?,18+,19?,20+,23?/m0/s1. The zero-order valence-corrected chi connectivity index (χ0v) is 20.4. The Morgan fingerprint density at radius 2 is 2.03 bits per heavy atom. The van der Waals surface area contributed by atoms with Gasteiger partial charge in [-0.2, -0.15) is 0 Å². The van der Waals surface area contributed by atoms with E-state index in [1.165, 1.54) is 11.9 Å². The van der Waals surface area contributed by atoms with E-state index in [0.717, 1.165) is 19.3 Å². The van der Waals surface area contributed by atoms with Crippen molar-refractivity contribution in [2.75, 3.05) is 6.61 Å². The molecular weight excluding hydrogens is 449 g/mol. The van der Waals surface area contributed by atoms with E-state index in [2.05, 4.69) is 27.4 Å². The smallest absolute Gasteiger partial charge is 0.374 e. The van der Waals surface area contributed by atoms with Crippen molar-refractivity contribution in [3.05, 3.63) is 48.0 Å². The molecular formula is C24H34BN5O5. The van der Waals surface area contributed by atoms with Gasteiger partial charge in [0.1, 0.15) is 19.0 Å². The van der Waals surface area contributed by atoms with Crippen LogP contribution in [-0.4, -0.2) is 57.5 Å². The van der Waals surface area contributed by atoms with E-state index in [4.69, 9.17) is 15.2 Å². The number of fused-ring (bicyclic) bond motifs is 1. The molecule has 4 N–H and O–H groups in total. The van der Waals surface area contributed by atoms with E-state index in [1.54, 1.807) is 11.5 Å². The monoisotopic (exact) mass is 483 g/mol. The van der Waals surface area contributed by atoms with Crippen molar-refractivity contribution in [2.24, 2.45) is 23.5 Å². The molecule has 1 aromatic carbocycles. The number of rotatable bonds is 10. The number of nitrogens with two attached hydrogens (primary N) is 1. The molecule has 35 heavy (non-hydrogen) atoms. The Morgan fingerprint density at radius 1 is 1.31 bits per heavy atom. The summed E-state index contributed by atoms with van der Waals surface area (Å²) in [6.45, 7) is 5.62. The van der Waals surface area contributed by atoms with E-state index in [9.17, 15) is 14.6 Å². The third-order valence-corrected chi connectivity index (χ3v) is 7.36. The normalized spacial score (nSPS) is 27.3. The molecule has 1 aliphatic heterocycles. The minimum Gasteiger partial charge on any atom is -0.462 e. The van der Waals surface area contributed by atoms with E-state index in [0.29, 0.717) is 5.92 Å². The predicted octanol–water partition coefficient (Wildman–Crippen LogP) is 1.74. The number of hydrogen-bond donors (Lipinski definition) is 3. The summed E-state index contributed by atoms with van der Waals surface area (Å²) < 4.78 is 13.6. The number of amides is 1. The van der Waals surface area contributed by atoms with Gasteiger partial charge < -0.3 is 25.5 Å². The fourth-order valence-electron chi connectivity index (χ4n) is 5.38. The Balaban J connectivity index is 1.51. The van der Waals surface area contributed by atoms with Crippen molar-refractivity contribution in [2.45, 2.75) is 64.2 Å². The first-order chi connectivity index (χ1) is 16.8. The summed E-state index contributed by atoms with van der Waals surface area (Å²) in [4.78, 5) is 28.4. The third kappa shape index (κ3) is 5.57. The van der Waals surface area contributed by atoms with Crippen LogP contribution in [-0.2, 0) is 14.3 Å². The SMILES string of the molecule is CC[C@H](C)[C@@H](NB(C)O)C(=O)OCC1OC(n2cnc(C(N)=O)n2)[C@@H]2CC(c3ccccc3)CC12. The average Bonchev–Trinajstić information content (AvgIpc) is 3.57. The molecule has 4 rings (SSSR count). The van der Waals surface area contributed by atoms with Crippen LogP contribution in [0.15, 0.2) is 36.7 Å². The van der Waals surface area contributed by atoms with Gasteiger partial charge in [-0.15, -0.1) is 5.10 Å². The highest BCUT2D eigenvalue weighted by atomic mass is 16.6. The van der Waals surface area contributed by atoms with Crippen LogP contribution in [0.3, 0.4) is 0 Å². The van der Waals surface area contributed by atoms with Gasteiger partial charge in [-0.3, -0.25) is 9.59 Å². The topological polar surface area (TPSA) is 142 Å². The molecule has 2 aromatic rings. The summed E-state index contributed by atoms with van der Waals surface area (Å²) in [5, 5.41) is 16.9. The summed E-state index contributed by atoms with van der Waals surface area (Å²) in [6.07, 6.45) is 3.25. The number of nitrogens with one attached hydrogen (secondary N) is 1. The van der Waals surface area contributed by atoms with Gasteiger partial charge in [0.15, 0.2) is 6.23 Å². The first-order valence-electron chi connectivity index (χ1n) is 12.3. The van der Waals surface area contributed by atoms with E-state index >= 15 is 0 Å². The summed E-state index contributed by atoms with van der Waals surface area (Å²) in [5.41, 5.74) is 6.61. The van der Waals surface area contributed by atoms with E-state index < -0.39 is 31.2 Å². The highest BCUT2D eigenvalue weighted by molar-refractivity contribution is 6.46. The summed E-state index contributed by atoms with van der Waals surface area (Å²) in [7, 11) is -0.828. The van der Waals surface area contributed by atoms with Crippen LogP contribution < -0.4 is 11.0 Å². The lowest BCUT2D eigenvalue weighted by molar-refractivity contribution is -0.153. The second kappa shape index (κ2) is 10.9. The molecule has 1 aromatic heterocycles. The van der Waals surface area contributed by atoms with Crippen molar-refractivity contribution in [3.63, 3.8) is 0 Å². The Morgan fingerprint density at radius 3 is 2.66 bits per heavy atom. The Labute approximate surface area is 205 Å². The Kier molecular flexibility index (Phi) is 7.88. The highest BCUT2D eigenvalue weighted by Crippen LogP contribution is 2.54. The predicted molar refractivity (Wildman–Crippen MR) is 129 cm³/mol. The second-order valence-electron chi connectivity index (χ2n) is 9.72. The molecule has 7 atom stereocenters. The van der Waals surface area contributed by atoms with Gasteiger partial charge in [0.2, 0.25) is 5.82 Å². The number of esters is 1. The fraction of sp³-hybridized carbons (Fsp3) is 0.583. The van der Waals surface area contributed by atoms with Gasteiger partial charge in [-0.05, 0) is 43.0 Å². The van der Waals surface area contributed by atoms with Gasteiger partial charge in [0, 0.05) is 5.92 Å². The lowest BCUT2D eigenvalue weighted by Crippen LogP contribution is -2.49. The number of benzene rings is 1. The van der Waals surface area contributed by atoms with Gasteiger partial charge in [0.25, 0.3) is 5.91 Å². The van der Waals surface area contributed by atoms with Crippen LogP contribution in [0.2, 0.25) is 6.82 Å². The third-order valence-electron chi connectivity index (χ3n) is 7.36. The zero-order valence-electron chi connectivity index (χ0n) is 20.4. The van der Waals surface area contributed by atoms with Crippen LogP contribution >= 0.6 is 0 Å². The van der Waals surface area contributed by atoms with Crippen LogP contribution in [0.4, 0.5) is 0 Å². The molecule has 1 saturated heterocycles. The number of ether oxygens (including phenoxy) is 2. The lowest BCUT2D eigenvalue weighted by atomic mass is 9.84. The maximum Gasteiger partial charge on any atom is 0.374 e. The molecule has 188 valence electrons. The number of primary amides is 1. The van der Waals surface area contributed by atoms with Crippen molar-refractivity contribution in [1.82, 2.24) is 20.0 Å². The van der Waals surface area contributed by atoms with Crippen LogP contribution in [0.5, 0.6) is 0 Å². The molecule has 11 heteroatoms. The highest BCUT2D eigenvalue weighted by Gasteiger charge is 2.52. The molecule has 1 saturated carbocycles. The van der Waals surface area contributed by atoms with Crippen molar-refractivity contribution >= 4 is 18.9 Å². The largest absolute Gasteiger partial charge is 0.462 e. The first-order valence-corrected chi connectivity index (χ1v) is 12.3. The average molecular weight is 483 g/mol. The molecule has 0 radical (unpaired) electrons. The molecule has 2 aliphatic rings. The molecule has 2 heterocycles. The molecule has 1 amide bonds. The number of nitrogens with zero attached hydrogens (tertiary/aromatic N) is 3. The Bertz CT molecular complexity index is 1020. The number of hydrogen-bond acceptors (Lipinski definition) is 8. The Hall–Kier alpha value is -2.76. The minimum absolute atomic E-state index is 0.00148. The molecule has 4 unspecified atom stereocenters. The van der Waals surface area contributed by atoms with Gasteiger partial charge in [-0.1, -0.05) is 50.6 Å². The van der Waals surface area contributed by atoms with Gasteiger partial charge in [0.05, 0.1) is 6.10 Å². The number of aromatic nitrogens is 3. The summed E-state index contributed by atoms with van der Waals surface area (Å²) >= 11 is 0. The molecule has 2 fully saturated rings. The van der Waals surface area contributed by atoms with Gasteiger partial charge in [-0.25, -0.2) is 9.67 Å². The fourth-order valence-corrected chi connectivity index (χ4v) is 5.38. The summed E-state index contributed by atoms with van der Waals surface area (Å²) in [5.74, 6) is -0.549. The van der Waals surface area contributed by atoms with Crippen molar-refractivity contribution < 1.29 is 24.1 Å². The van der Waals surface area contributed by atoms with Crippen LogP contribution in [0.25, 0.3) is 0 Å². The van der Waals surface area contributed by atoms with E-state index in [-0.39, 0.29) is 36.3 Å². The minimum atomic E-state index is -0.828. The second-order valence-corrected chi connectivity index (χ2v) is 9.72. The quantitative estimate of drug-likeness (QED) is 0.343. The van der Waals surface area contributed by atoms with Crippen LogP contribution in [0, 0.1) is 17.8 Å².